The van der Waals surface area contributed by atoms with Crippen LogP contribution in [0.5, 0.6) is 0 Å². The molecule has 216 valence electrons. The summed E-state index contributed by atoms with van der Waals surface area (Å²) in [6, 6.07) is 17.4. The highest BCUT2D eigenvalue weighted by molar-refractivity contribution is 8.35. The van der Waals surface area contributed by atoms with Crippen LogP contribution < -0.4 is 5.32 Å². The predicted molar refractivity (Wildman–Crippen MR) is 161 cm³/mol. The Morgan fingerprint density at radius 1 is 0.950 bits per heavy atom. The SMILES string of the molecule is CC(C)S(c1cn(CC(=O)N2C[C@H](O)C[C@H]2C(=O)NCc2ccc(-c3ccccc3)cc2)nn1)(C(C)C)C(C)C. The number of aliphatic hydroxyl groups is 1. The Kier molecular flexibility index (Phi) is 9.36. The van der Waals surface area contributed by atoms with Gasteiger partial charge in [0.15, 0.2) is 0 Å². The molecule has 0 spiro atoms. The minimum absolute atomic E-state index is 0.0196. The van der Waals surface area contributed by atoms with E-state index in [1.807, 2.05) is 48.7 Å². The molecular weight excluding hydrogens is 522 g/mol. The van der Waals surface area contributed by atoms with Gasteiger partial charge in [-0.1, -0.05) is 101 Å². The van der Waals surface area contributed by atoms with Crippen LogP contribution in [0.3, 0.4) is 0 Å². The summed E-state index contributed by atoms with van der Waals surface area (Å²) >= 11 is 0. The fourth-order valence-corrected chi connectivity index (χ4v) is 11.4. The Bertz CT molecular complexity index is 1270. The van der Waals surface area contributed by atoms with E-state index < -0.39 is 22.2 Å². The van der Waals surface area contributed by atoms with Crippen molar-refractivity contribution in [2.45, 2.75) is 94.0 Å². The first-order valence-corrected chi connectivity index (χ1v) is 16.0. The number of likely N-dealkylation sites (tertiary alicyclic amines) is 1. The average molecular weight is 566 g/mol. The summed E-state index contributed by atoms with van der Waals surface area (Å²) in [6.07, 6.45) is 1.39. The van der Waals surface area contributed by atoms with E-state index >= 15 is 0 Å². The number of amides is 2. The molecule has 1 aliphatic heterocycles. The largest absolute Gasteiger partial charge is 0.391 e. The number of aromatic nitrogens is 3. The van der Waals surface area contributed by atoms with Crippen LogP contribution in [0.2, 0.25) is 0 Å². The summed E-state index contributed by atoms with van der Waals surface area (Å²) in [5.41, 5.74) is 3.21. The molecule has 0 saturated carbocycles. The van der Waals surface area contributed by atoms with Crippen LogP contribution in [0.4, 0.5) is 0 Å². The van der Waals surface area contributed by atoms with Gasteiger partial charge in [-0.05, 0) is 32.4 Å². The number of carbonyl (C=O) groups is 2. The average Bonchev–Trinajstić information content (AvgIpc) is 3.54. The summed E-state index contributed by atoms with van der Waals surface area (Å²) in [6.45, 7) is 13.9. The summed E-state index contributed by atoms with van der Waals surface area (Å²) in [7, 11) is -1.27. The number of benzene rings is 2. The van der Waals surface area contributed by atoms with E-state index in [4.69, 9.17) is 0 Å². The molecule has 1 fully saturated rings. The van der Waals surface area contributed by atoms with Crippen molar-refractivity contribution in [1.29, 1.82) is 0 Å². The third-order valence-corrected chi connectivity index (χ3v) is 13.5. The molecule has 0 radical (unpaired) electrons. The number of rotatable bonds is 10. The molecule has 2 N–H and O–H groups in total. The smallest absolute Gasteiger partial charge is 0.245 e. The van der Waals surface area contributed by atoms with Crippen LogP contribution in [0.1, 0.15) is 53.5 Å². The predicted octanol–water partition coefficient (Wildman–Crippen LogP) is 4.61. The lowest BCUT2D eigenvalue weighted by Crippen LogP contribution is -2.46. The van der Waals surface area contributed by atoms with Crippen LogP contribution in [0, 0.1) is 0 Å². The van der Waals surface area contributed by atoms with Gasteiger partial charge in [0.05, 0.1) is 12.3 Å². The fourth-order valence-electron chi connectivity index (χ4n) is 6.20. The highest BCUT2D eigenvalue weighted by Gasteiger charge is 2.40. The van der Waals surface area contributed by atoms with Crippen LogP contribution >= 0.6 is 10.0 Å². The molecule has 2 atom stereocenters. The first-order valence-electron chi connectivity index (χ1n) is 14.1. The molecule has 3 aromatic rings. The third-order valence-electron chi connectivity index (χ3n) is 7.95. The summed E-state index contributed by atoms with van der Waals surface area (Å²) in [4.78, 5) is 27.9. The molecule has 1 saturated heterocycles. The molecule has 2 aromatic carbocycles. The molecule has 0 aliphatic carbocycles. The zero-order valence-electron chi connectivity index (χ0n) is 24.4. The molecule has 4 rings (SSSR count). The van der Waals surface area contributed by atoms with E-state index in [0.717, 1.165) is 21.7 Å². The second kappa shape index (κ2) is 12.6. The van der Waals surface area contributed by atoms with E-state index in [9.17, 15) is 14.7 Å². The fraction of sp³-hybridized carbons (Fsp3) is 0.484. The van der Waals surface area contributed by atoms with Crippen LogP contribution in [0.15, 0.2) is 65.8 Å². The normalized spacial score (nSPS) is 18.1. The van der Waals surface area contributed by atoms with Gasteiger partial charge >= 0.3 is 0 Å². The molecule has 1 aliphatic rings. The third kappa shape index (κ3) is 6.10. The van der Waals surface area contributed by atoms with E-state index in [1.54, 1.807) is 4.68 Å². The molecule has 8 nitrogen and oxygen atoms in total. The minimum Gasteiger partial charge on any atom is -0.391 e. The number of nitrogens with zero attached hydrogens (tertiary/aromatic N) is 4. The quantitative estimate of drug-likeness (QED) is 0.374. The Labute approximate surface area is 239 Å². The van der Waals surface area contributed by atoms with Crippen molar-refractivity contribution in [2.24, 2.45) is 0 Å². The van der Waals surface area contributed by atoms with Crippen molar-refractivity contribution in [1.82, 2.24) is 25.2 Å². The second-order valence-electron chi connectivity index (χ2n) is 11.4. The van der Waals surface area contributed by atoms with Gasteiger partial charge in [-0.3, -0.25) is 9.59 Å². The maximum absolute atomic E-state index is 13.3. The zero-order chi connectivity index (χ0) is 29.0. The molecule has 2 heterocycles. The Morgan fingerprint density at radius 3 is 2.15 bits per heavy atom. The lowest BCUT2D eigenvalue weighted by molar-refractivity contribution is -0.139. The number of nitrogens with one attached hydrogen (secondary N) is 1. The number of aliphatic hydroxyl groups excluding tert-OH is 1. The topological polar surface area (TPSA) is 100 Å². The molecule has 0 unspecified atom stereocenters. The lowest BCUT2D eigenvalue weighted by atomic mass is 10.0. The maximum atomic E-state index is 13.3. The second-order valence-corrected chi connectivity index (χ2v) is 16.2. The Hall–Kier alpha value is -3.17. The summed E-state index contributed by atoms with van der Waals surface area (Å²) < 4.78 is 1.58. The number of hydrogen-bond acceptors (Lipinski definition) is 5. The van der Waals surface area contributed by atoms with Crippen LogP contribution in [-0.2, 0) is 22.7 Å². The monoisotopic (exact) mass is 565 g/mol. The number of carbonyl (C=O) groups excluding carboxylic acids is 2. The van der Waals surface area contributed by atoms with Crippen LogP contribution in [-0.4, -0.2) is 71.3 Å². The highest BCUT2D eigenvalue weighted by Crippen LogP contribution is 2.65. The molecule has 9 heteroatoms. The van der Waals surface area contributed by atoms with Gasteiger partial charge < -0.3 is 15.3 Å². The van der Waals surface area contributed by atoms with Gasteiger partial charge in [-0.25, -0.2) is 4.68 Å². The maximum Gasteiger partial charge on any atom is 0.245 e. The Balaban J connectivity index is 1.40. The van der Waals surface area contributed by atoms with E-state index in [-0.39, 0.29) is 31.3 Å². The lowest BCUT2D eigenvalue weighted by Gasteiger charge is -2.49. The summed E-state index contributed by atoms with van der Waals surface area (Å²) in [5, 5.41) is 24.4. The van der Waals surface area contributed by atoms with Gasteiger partial charge in [0.25, 0.3) is 0 Å². The molecule has 0 bridgehead atoms. The van der Waals surface area contributed by atoms with Gasteiger partial charge in [0.2, 0.25) is 11.8 Å². The number of β-amino-alcohol motifs (C(OH)–C–C–N with tert-alkyl or cyclic N) is 1. The van der Waals surface area contributed by atoms with Gasteiger partial charge in [-0.2, -0.15) is 10.0 Å². The van der Waals surface area contributed by atoms with E-state index in [2.05, 4.69) is 69.3 Å². The van der Waals surface area contributed by atoms with Crippen molar-refractivity contribution in [3.05, 3.63) is 66.4 Å². The first kappa shape index (κ1) is 29.8. The van der Waals surface area contributed by atoms with Crippen molar-refractivity contribution in [3.8, 4) is 11.1 Å². The van der Waals surface area contributed by atoms with E-state index in [0.29, 0.717) is 22.3 Å². The molecule has 2 amide bonds. The van der Waals surface area contributed by atoms with Crippen LogP contribution in [0.25, 0.3) is 11.1 Å². The van der Waals surface area contributed by atoms with Crippen molar-refractivity contribution in [3.63, 3.8) is 0 Å². The summed E-state index contributed by atoms with van der Waals surface area (Å²) in [5.74, 6) is -0.515. The van der Waals surface area contributed by atoms with Crippen molar-refractivity contribution in [2.75, 3.05) is 6.54 Å². The van der Waals surface area contributed by atoms with E-state index in [1.165, 1.54) is 4.90 Å². The molecular formula is C31H43N5O3S. The molecule has 1 aromatic heterocycles. The first-order chi connectivity index (χ1) is 19.0. The van der Waals surface area contributed by atoms with Crippen molar-refractivity contribution >= 4 is 21.8 Å². The highest BCUT2D eigenvalue weighted by atomic mass is 32.3. The standard InChI is InChI=1S/C31H43N5O3S/c1-21(2)40(22(3)4,23(5)6)29-19-35(34-33-29)20-30(38)36-18-27(37)16-28(36)31(39)32-17-24-12-14-26(15-13-24)25-10-8-7-9-11-25/h7-15,19,21-23,27-28,37H,16-18,20H2,1-6H3,(H,32,39)/t27-,28+/m1/s1. The Morgan fingerprint density at radius 2 is 1.55 bits per heavy atom. The zero-order valence-corrected chi connectivity index (χ0v) is 25.3. The number of hydrogen-bond donors (Lipinski definition) is 2. The van der Waals surface area contributed by atoms with Gasteiger partial charge in [-0.15, -0.1) is 5.10 Å². The van der Waals surface area contributed by atoms with Gasteiger partial charge in [0, 0.05) is 19.5 Å². The van der Waals surface area contributed by atoms with Crippen molar-refractivity contribution < 1.29 is 14.7 Å². The van der Waals surface area contributed by atoms with Gasteiger partial charge in [0.1, 0.15) is 17.6 Å². The molecule has 40 heavy (non-hydrogen) atoms. The minimum atomic E-state index is -1.27.